The zero-order valence-electron chi connectivity index (χ0n) is 11.9. The third-order valence-electron chi connectivity index (χ3n) is 4.12. The van der Waals surface area contributed by atoms with Gasteiger partial charge in [-0.1, -0.05) is 6.07 Å². The zero-order chi connectivity index (χ0) is 14.1. The molecule has 1 aliphatic heterocycles. The summed E-state index contributed by atoms with van der Waals surface area (Å²) in [5.41, 5.74) is 10.1. The van der Waals surface area contributed by atoms with E-state index in [9.17, 15) is 0 Å². The molecular weight excluding hydrogens is 284 g/mol. The number of nitrogens with zero attached hydrogens (tertiary/aromatic N) is 1. The Morgan fingerprint density at radius 2 is 2.25 bits per heavy atom. The van der Waals surface area contributed by atoms with Crippen LogP contribution in [0.4, 0.5) is 5.69 Å². The third kappa shape index (κ3) is 2.26. The van der Waals surface area contributed by atoms with Crippen LogP contribution in [0.3, 0.4) is 0 Å². The monoisotopic (exact) mass is 304 g/mol. The molecule has 0 saturated carbocycles. The second-order valence-corrected chi connectivity index (χ2v) is 6.93. The molecule has 2 aromatic rings. The predicted octanol–water partition coefficient (Wildman–Crippen LogP) is 4.05. The lowest BCUT2D eigenvalue weighted by Gasteiger charge is -2.37. The number of thiophene rings is 1. The maximum Gasteiger partial charge on any atom is 0.0525 e. The van der Waals surface area contributed by atoms with Crippen molar-refractivity contribution >= 4 is 28.8 Å². The van der Waals surface area contributed by atoms with Gasteiger partial charge in [-0.05, 0) is 48.7 Å². The highest BCUT2D eigenvalue weighted by Gasteiger charge is 2.26. The first kappa shape index (κ1) is 14.0. The van der Waals surface area contributed by atoms with Crippen LogP contribution in [0, 0.1) is 0 Å². The van der Waals surface area contributed by atoms with Crippen LogP contribution in [-0.4, -0.2) is 12.8 Å². The van der Waals surface area contributed by atoms with Gasteiger partial charge in [0, 0.05) is 34.1 Å². The van der Waals surface area contributed by atoms with E-state index in [1.54, 1.807) is 16.6 Å². The smallest absolute Gasteiger partial charge is 0.0525 e. The number of benzene rings is 1. The van der Waals surface area contributed by atoms with Crippen molar-refractivity contribution in [3.8, 4) is 0 Å². The summed E-state index contributed by atoms with van der Waals surface area (Å²) in [6.45, 7) is 3.99. The molecule has 1 aliphatic rings. The summed E-state index contributed by atoms with van der Waals surface area (Å²) in [4.78, 5) is 5.36. The summed E-state index contributed by atoms with van der Waals surface area (Å²) in [7, 11) is 0. The van der Waals surface area contributed by atoms with E-state index in [0.717, 1.165) is 13.0 Å². The summed E-state index contributed by atoms with van der Waals surface area (Å²) in [6, 6.07) is 9.25. The summed E-state index contributed by atoms with van der Waals surface area (Å²) >= 11 is 3.67. The molecule has 106 valence electrons. The van der Waals surface area contributed by atoms with Gasteiger partial charge in [0.05, 0.1) is 6.04 Å². The van der Waals surface area contributed by atoms with E-state index in [4.69, 9.17) is 5.73 Å². The highest BCUT2D eigenvalue weighted by atomic mass is 32.2. The molecule has 2 nitrogen and oxygen atoms in total. The van der Waals surface area contributed by atoms with E-state index in [1.807, 2.05) is 11.3 Å². The number of hydrogen-bond donors (Lipinski definition) is 1. The largest absolute Gasteiger partial charge is 0.364 e. The van der Waals surface area contributed by atoms with Crippen molar-refractivity contribution in [2.45, 2.75) is 30.8 Å². The van der Waals surface area contributed by atoms with Crippen LogP contribution in [0.2, 0.25) is 0 Å². The molecule has 0 bridgehead atoms. The second-order valence-electron chi connectivity index (χ2n) is 5.08. The van der Waals surface area contributed by atoms with Crippen molar-refractivity contribution in [2.24, 2.45) is 5.73 Å². The predicted molar refractivity (Wildman–Crippen MR) is 89.9 cm³/mol. The maximum atomic E-state index is 6.02. The number of nitrogens with two attached hydrogens (primary N) is 1. The number of rotatable bonds is 3. The Balaban J connectivity index is 2.02. The van der Waals surface area contributed by atoms with Gasteiger partial charge in [0.2, 0.25) is 0 Å². The number of hydrogen-bond acceptors (Lipinski definition) is 4. The molecule has 1 unspecified atom stereocenters. The average Bonchev–Trinajstić information content (AvgIpc) is 2.96. The van der Waals surface area contributed by atoms with Crippen LogP contribution < -0.4 is 10.6 Å². The number of anilines is 1. The normalized spacial score (nSPS) is 18.1. The highest BCUT2D eigenvalue weighted by Crippen LogP contribution is 2.39. The molecule has 0 saturated heterocycles. The average molecular weight is 304 g/mol. The lowest BCUT2D eigenvalue weighted by molar-refractivity contribution is 0.629. The summed E-state index contributed by atoms with van der Waals surface area (Å²) in [5, 5.41) is 2.22. The molecule has 1 aromatic carbocycles. The maximum absolute atomic E-state index is 6.02. The van der Waals surface area contributed by atoms with Crippen LogP contribution >= 0.6 is 23.1 Å². The number of fused-ring (bicyclic) bond motifs is 1. The molecular formula is C16H20N2S2. The quantitative estimate of drug-likeness (QED) is 0.867. The van der Waals surface area contributed by atoms with Gasteiger partial charge in [0.25, 0.3) is 0 Å². The summed E-state index contributed by atoms with van der Waals surface area (Å²) in [5.74, 6) is 0. The van der Waals surface area contributed by atoms with Crippen molar-refractivity contribution in [1.29, 1.82) is 0 Å². The Labute approximate surface area is 129 Å². The van der Waals surface area contributed by atoms with E-state index in [-0.39, 0.29) is 0 Å². The summed E-state index contributed by atoms with van der Waals surface area (Å²) in [6.07, 6.45) is 3.26. The van der Waals surface area contributed by atoms with E-state index < -0.39 is 0 Å². The van der Waals surface area contributed by atoms with Crippen molar-refractivity contribution in [2.75, 3.05) is 17.7 Å². The van der Waals surface area contributed by atoms with Crippen molar-refractivity contribution in [3.05, 3.63) is 45.6 Å². The van der Waals surface area contributed by atoms with Gasteiger partial charge in [0.15, 0.2) is 0 Å². The molecule has 0 radical (unpaired) electrons. The first-order chi connectivity index (χ1) is 9.76. The van der Waals surface area contributed by atoms with Crippen molar-refractivity contribution in [1.82, 2.24) is 0 Å². The Hall–Kier alpha value is -0.970. The van der Waals surface area contributed by atoms with Gasteiger partial charge in [0.1, 0.15) is 0 Å². The first-order valence-electron chi connectivity index (χ1n) is 6.95. The highest BCUT2D eigenvalue weighted by molar-refractivity contribution is 7.98. The zero-order valence-corrected chi connectivity index (χ0v) is 13.6. The van der Waals surface area contributed by atoms with Crippen LogP contribution in [0.15, 0.2) is 34.5 Å². The Morgan fingerprint density at radius 1 is 1.40 bits per heavy atom. The molecule has 2 heterocycles. The minimum Gasteiger partial charge on any atom is -0.364 e. The topological polar surface area (TPSA) is 29.3 Å². The number of thioether (sulfide) groups is 1. The Bertz CT molecular complexity index is 606. The van der Waals surface area contributed by atoms with Gasteiger partial charge in [-0.25, -0.2) is 0 Å². The molecule has 0 fully saturated rings. The fourth-order valence-corrected chi connectivity index (χ4v) is 4.67. The van der Waals surface area contributed by atoms with Crippen LogP contribution in [0.5, 0.6) is 0 Å². The minimum atomic E-state index is 0.437. The Morgan fingerprint density at radius 3 is 3.00 bits per heavy atom. The third-order valence-corrected chi connectivity index (χ3v) is 5.94. The molecule has 1 aromatic heterocycles. The molecule has 0 amide bonds. The van der Waals surface area contributed by atoms with Crippen molar-refractivity contribution < 1.29 is 0 Å². The van der Waals surface area contributed by atoms with E-state index >= 15 is 0 Å². The van der Waals surface area contributed by atoms with E-state index in [2.05, 4.69) is 47.7 Å². The first-order valence-corrected chi connectivity index (χ1v) is 9.05. The van der Waals surface area contributed by atoms with Crippen LogP contribution in [0.25, 0.3) is 0 Å². The molecule has 2 N–H and O–H groups in total. The standard InChI is InChI=1S/C16H20N2S2/c1-11-12-7-9-20-16(12)6-8-18(11)14-4-3-5-15(19-2)13(14)10-17/h3-5,7,9,11H,6,8,10,17H2,1-2H3. The lowest BCUT2D eigenvalue weighted by Crippen LogP contribution is -2.34. The molecule has 0 spiro atoms. The van der Waals surface area contributed by atoms with Crippen LogP contribution in [0.1, 0.15) is 29.0 Å². The van der Waals surface area contributed by atoms with Gasteiger partial charge in [-0.15, -0.1) is 23.1 Å². The Kier molecular flexibility index (Phi) is 4.06. The van der Waals surface area contributed by atoms with Gasteiger partial charge in [-0.3, -0.25) is 0 Å². The minimum absolute atomic E-state index is 0.437. The second kappa shape index (κ2) is 5.80. The van der Waals surface area contributed by atoms with Gasteiger partial charge >= 0.3 is 0 Å². The fraction of sp³-hybridized carbons (Fsp3) is 0.375. The van der Waals surface area contributed by atoms with E-state index in [1.165, 1.54) is 21.7 Å². The summed E-state index contributed by atoms with van der Waals surface area (Å²) < 4.78 is 0. The fourth-order valence-electron chi connectivity index (χ4n) is 3.06. The lowest BCUT2D eigenvalue weighted by atomic mass is 9.99. The van der Waals surface area contributed by atoms with Crippen LogP contribution in [-0.2, 0) is 13.0 Å². The molecule has 0 aliphatic carbocycles. The SMILES string of the molecule is CSc1cccc(N2CCc3sccc3C2C)c1CN. The molecule has 20 heavy (non-hydrogen) atoms. The molecule has 3 rings (SSSR count). The van der Waals surface area contributed by atoms with E-state index in [0.29, 0.717) is 12.6 Å². The molecule has 1 atom stereocenters. The van der Waals surface area contributed by atoms with Gasteiger partial charge in [-0.2, -0.15) is 0 Å². The van der Waals surface area contributed by atoms with Crippen molar-refractivity contribution in [3.63, 3.8) is 0 Å². The molecule has 4 heteroatoms. The van der Waals surface area contributed by atoms with Gasteiger partial charge < -0.3 is 10.6 Å².